The average molecular weight is 494 g/mol. The van der Waals surface area contributed by atoms with Crippen LogP contribution in [0.3, 0.4) is 0 Å². The molecule has 0 aliphatic rings. The van der Waals surface area contributed by atoms with Gasteiger partial charge in [-0.3, -0.25) is 4.98 Å². The van der Waals surface area contributed by atoms with Gasteiger partial charge in [0.05, 0.1) is 4.90 Å². The molecule has 0 amide bonds. The van der Waals surface area contributed by atoms with E-state index in [1.165, 1.54) is 5.56 Å². The lowest BCUT2D eigenvalue weighted by Gasteiger charge is -2.15. The highest BCUT2D eigenvalue weighted by Crippen LogP contribution is 2.18. The molecule has 10 heteroatoms. The molecule has 0 saturated carbocycles. The van der Waals surface area contributed by atoms with Crippen LogP contribution in [0.5, 0.6) is 0 Å². The van der Waals surface area contributed by atoms with Crippen molar-refractivity contribution in [3.8, 4) is 0 Å². The molecule has 166 valence electrons. The molecule has 0 bridgehead atoms. The summed E-state index contributed by atoms with van der Waals surface area (Å²) in [5.41, 5.74) is 7.61. The quantitative estimate of drug-likeness (QED) is 0.329. The van der Waals surface area contributed by atoms with Crippen LogP contribution < -0.4 is 15.8 Å². The van der Waals surface area contributed by atoms with E-state index in [0.717, 1.165) is 29.4 Å². The Balaban J connectivity index is 0.00000280. The lowest BCUT2D eigenvalue weighted by atomic mass is 10.1. The summed E-state index contributed by atoms with van der Waals surface area (Å²) in [6.07, 6.45) is 4.23. The largest absolute Gasteiger partial charge is 0.399 e. The average Bonchev–Trinajstić information content (AvgIpc) is 2.66. The number of sulfonamides is 1. The Hall–Kier alpha value is -1.61. The lowest BCUT2D eigenvalue weighted by molar-refractivity contribution is 0.537. The first-order chi connectivity index (χ1) is 12.9. The van der Waals surface area contributed by atoms with E-state index in [1.807, 2.05) is 31.2 Å². The number of hydrogen-bond donors (Lipinski definition) is 3. The third kappa shape index (κ3) is 7.91. The maximum Gasteiger partial charge on any atom is 0.240 e. The zero-order chi connectivity index (χ0) is 19.3. The molecule has 0 saturated heterocycles. The first-order valence-corrected chi connectivity index (χ1v) is 10.3. The van der Waals surface area contributed by atoms with Crippen LogP contribution in [-0.4, -0.2) is 32.5 Å². The summed E-state index contributed by atoms with van der Waals surface area (Å²) < 4.78 is 27.9. The third-order valence-electron chi connectivity index (χ3n) is 4.30. The van der Waals surface area contributed by atoms with Gasteiger partial charge in [0.1, 0.15) is 0 Å². The molecule has 4 N–H and O–H groups in total. The smallest absolute Gasteiger partial charge is 0.240 e. The number of benzene rings is 2. The van der Waals surface area contributed by atoms with Crippen molar-refractivity contribution in [1.29, 1.82) is 0 Å². The number of fused-ring (bicyclic) bond motifs is 1. The molecule has 0 radical (unpaired) electrons. The summed E-state index contributed by atoms with van der Waals surface area (Å²) in [7, 11) is -3.57. The van der Waals surface area contributed by atoms with Crippen LogP contribution in [0.4, 0.5) is 5.69 Å². The van der Waals surface area contributed by atoms with Crippen LogP contribution in [-0.2, 0) is 16.4 Å². The third-order valence-corrected chi connectivity index (χ3v) is 5.89. The van der Waals surface area contributed by atoms with Crippen LogP contribution in [0.25, 0.3) is 10.8 Å². The number of rotatable bonds is 8. The van der Waals surface area contributed by atoms with E-state index in [-0.39, 0.29) is 48.2 Å². The summed E-state index contributed by atoms with van der Waals surface area (Å²) in [4.78, 5) is 4.30. The van der Waals surface area contributed by atoms with Crippen molar-refractivity contribution >= 4 is 63.7 Å². The minimum absolute atomic E-state index is 0. The number of nitrogens with one attached hydrogen (secondary N) is 2. The highest BCUT2D eigenvalue weighted by molar-refractivity contribution is 7.89. The maximum absolute atomic E-state index is 12.6. The van der Waals surface area contributed by atoms with Gasteiger partial charge in [0, 0.05) is 36.1 Å². The summed E-state index contributed by atoms with van der Waals surface area (Å²) in [6, 6.07) is 14.4. The standard InChI is InChI=1S/C20H24N4O2S.3ClH/c1-15(13-22-10-8-16-2-5-19(21)6-3-16)24-27(25,26)20-7-4-18-14-23-11-9-17(18)12-20;;;/h2-7,9,11-12,14-15,22,24H,8,10,13,21H2,1H3;3*1H/t15-;;;/m1.../s1. The monoisotopic (exact) mass is 492 g/mol. The number of anilines is 1. The van der Waals surface area contributed by atoms with Gasteiger partial charge in [-0.05, 0) is 61.2 Å². The summed E-state index contributed by atoms with van der Waals surface area (Å²) >= 11 is 0. The lowest BCUT2D eigenvalue weighted by Crippen LogP contribution is -2.40. The molecule has 0 spiro atoms. The second-order valence-corrected chi connectivity index (χ2v) is 8.32. The highest BCUT2D eigenvalue weighted by Gasteiger charge is 2.17. The van der Waals surface area contributed by atoms with Crippen LogP contribution in [0.2, 0.25) is 0 Å². The molecule has 1 heterocycles. The molecule has 30 heavy (non-hydrogen) atoms. The molecule has 2 aromatic carbocycles. The van der Waals surface area contributed by atoms with Crippen LogP contribution >= 0.6 is 37.2 Å². The van der Waals surface area contributed by atoms with Gasteiger partial charge in [-0.2, -0.15) is 0 Å². The zero-order valence-corrected chi connectivity index (χ0v) is 19.7. The van der Waals surface area contributed by atoms with Crippen molar-refractivity contribution in [3.63, 3.8) is 0 Å². The van der Waals surface area contributed by atoms with Crippen molar-refractivity contribution in [3.05, 3.63) is 66.5 Å². The van der Waals surface area contributed by atoms with Gasteiger partial charge in [-0.25, -0.2) is 13.1 Å². The molecule has 3 aromatic rings. The summed E-state index contributed by atoms with van der Waals surface area (Å²) in [6.45, 7) is 3.16. The number of hydrogen-bond acceptors (Lipinski definition) is 5. The number of halogens is 3. The Bertz CT molecular complexity index is 1020. The van der Waals surface area contributed by atoms with Crippen molar-refractivity contribution in [1.82, 2.24) is 15.0 Å². The summed E-state index contributed by atoms with van der Waals surface area (Å²) in [5, 5.41) is 5.05. The molecular weight excluding hydrogens is 467 g/mol. The van der Waals surface area contributed by atoms with E-state index >= 15 is 0 Å². The fraction of sp³-hybridized carbons (Fsp3) is 0.250. The number of nitrogens with two attached hydrogens (primary N) is 1. The zero-order valence-electron chi connectivity index (χ0n) is 16.4. The molecule has 1 atom stereocenters. The van der Waals surface area contributed by atoms with Gasteiger partial charge >= 0.3 is 0 Å². The number of pyridine rings is 1. The first-order valence-electron chi connectivity index (χ1n) is 8.85. The molecule has 0 aliphatic heterocycles. The van der Waals surface area contributed by atoms with Crippen molar-refractivity contribution < 1.29 is 8.42 Å². The Morgan fingerprint density at radius 1 is 1.00 bits per heavy atom. The number of nitrogen functional groups attached to an aromatic ring is 1. The molecule has 6 nitrogen and oxygen atoms in total. The second-order valence-electron chi connectivity index (χ2n) is 6.60. The SMILES string of the molecule is C[C@H](CNCCc1ccc(N)cc1)NS(=O)(=O)c1ccc2cnccc2c1.Cl.Cl.Cl. The van der Waals surface area contributed by atoms with E-state index in [1.54, 1.807) is 36.7 Å². The minimum Gasteiger partial charge on any atom is -0.399 e. The van der Waals surface area contributed by atoms with E-state index in [9.17, 15) is 8.42 Å². The topological polar surface area (TPSA) is 97.1 Å². The molecular formula is C20H27Cl3N4O2S. The van der Waals surface area contributed by atoms with Crippen LogP contribution in [0, 0.1) is 0 Å². The van der Waals surface area contributed by atoms with Crippen molar-refractivity contribution in [2.75, 3.05) is 18.8 Å². The Kier molecular flexibility index (Phi) is 12.2. The van der Waals surface area contributed by atoms with Gasteiger partial charge in [-0.15, -0.1) is 37.2 Å². The van der Waals surface area contributed by atoms with Crippen molar-refractivity contribution in [2.24, 2.45) is 0 Å². The maximum atomic E-state index is 12.6. The van der Waals surface area contributed by atoms with Crippen LogP contribution in [0.1, 0.15) is 12.5 Å². The fourth-order valence-electron chi connectivity index (χ4n) is 2.84. The van der Waals surface area contributed by atoms with Gasteiger partial charge in [0.15, 0.2) is 0 Å². The predicted octanol–water partition coefficient (Wildman–Crippen LogP) is 3.58. The Morgan fingerprint density at radius 2 is 1.70 bits per heavy atom. The van der Waals surface area contributed by atoms with Crippen LogP contribution in [0.15, 0.2) is 65.8 Å². The fourth-order valence-corrected chi connectivity index (χ4v) is 4.12. The van der Waals surface area contributed by atoms with E-state index in [0.29, 0.717) is 6.54 Å². The number of aromatic nitrogens is 1. The van der Waals surface area contributed by atoms with Gasteiger partial charge in [-0.1, -0.05) is 18.2 Å². The van der Waals surface area contributed by atoms with Gasteiger partial charge < -0.3 is 11.1 Å². The van der Waals surface area contributed by atoms with Gasteiger partial charge in [0.25, 0.3) is 0 Å². The molecule has 0 unspecified atom stereocenters. The number of nitrogens with zero attached hydrogens (tertiary/aromatic N) is 1. The normalized spacial score (nSPS) is 11.6. The molecule has 3 rings (SSSR count). The van der Waals surface area contributed by atoms with Crippen molar-refractivity contribution in [2.45, 2.75) is 24.3 Å². The molecule has 0 aliphatic carbocycles. The molecule has 0 fully saturated rings. The van der Waals surface area contributed by atoms with E-state index in [2.05, 4.69) is 15.0 Å². The van der Waals surface area contributed by atoms with E-state index in [4.69, 9.17) is 5.73 Å². The Morgan fingerprint density at radius 3 is 2.40 bits per heavy atom. The van der Waals surface area contributed by atoms with E-state index < -0.39 is 10.0 Å². The second kappa shape index (κ2) is 12.9. The highest BCUT2D eigenvalue weighted by atomic mass is 35.5. The first kappa shape index (κ1) is 28.4. The predicted molar refractivity (Wildman–Crippen MR) is 131 cm³/mol. The minimum atomic E-state index is -3.57. The van der Waals surface area contributed by atoms with Gasteiger partial charge in [0.2, 0.25) is 10.0 Å². The molecule has 1 aromatic heterocycles. The Labute approximate surface area is 196 Å². The summed E-state index contributed by atoms with van der Waals surface area (Å²) in [5.74, 6) is 0.